The molecular weight excluding hydrogens is 396 g/mol. The molecule has 1 aromatic carbocycles. The number of hydrogen-bond acceptors (Lipinski definition) is 3. The van der Waals surface area contributed by atoms with Gasteiger partial charge in [-0.3, -0.25) is 0 Å². The van der Waals surface area contributed by atoms with Crippen molar-refractivity contribution in [3.8, 4) is 0 Å². The summed E-state index contributed by atoms with van der Waals surface area (Å²) in [7, 11) is 1.86. The van der Waals surface area contributed by atoms with Crippen molar-refractivity contribution in [1.82, 2.24) is 24.3 Å². The normalized spacial score (nSPS) is 11.4. The van der Waals surface area contributed by atoms with Gasteiger partial charge in [0, 0.05) is 13.1 Å². The Kier molecular flexibility index (Phi) is 3.63. The zero-order valence-electron chi connectivity index (χ0n) is 10.5. The van der Waals surface area contributed by atoms with Crippen molar-refractivity contribution in [3.63, 3.8) is 0 Å². The van der Waals surface area contributed by atoms with Crippen molar-refractivity contribution < 1.29 is 4.39 Å². The van der Waals surface area contributed by atoms with Crippen molar-refractivity contribution in [2.24, 2.45) is 7.05 Å². The first-order valence-corrected chi connectivity index (χ1v) is 7.44. The van der Waals surface area contributed by atoms with E-state index in [1.807, 2.05) is 38.8 Å². The fraction of sp³-hybridized carbons (Fsp3) is 0.250. The van der Waals surface area contributed by atoms with Gasteiger partial charge in [0.05, 0.1) is 27.0 Å². The summed E-state index contributed by atoms with van der Waals surface area (Å²) in [5, 5.41) is 7.88. The molecule has 0 atom stereocenters. The minimum absolute atomic E-state index is 0.255. The van der Waals surface area contributed by atoms with E-state index in [0.29, 0.717) is 21.5 Å². The summed E-state index contributed by atoms with van der Waals surface area (Å²) in [6, 6.07) is 3.20. The van der Waals surface area contributed by atoms with Gasteiger partial charge in [-0.05, 0) is 28.7 Å². The lowest BCUT2D eigenvalue weighted by molar-refractivity contribution is 0.620. The summed E-state index contributed by atoms with van der Waals surface area (Å²) in [5.41, 5.74) is 1.44. The Morgan fingerprint density at radius 1 is 1.35 bits per heavy atom. The first kappa shape index (κ1) is 13.7. The highest BCUT2D eigenvalue weighted by atomic mass is 127. The Balaban J connectivity index is 2.17. The molecular formula is C12H10ClFIN5. The first-order chi connectivity index (χ1) is 9.60. The largest absolute Gasteiger partial charge is 0.319 e. The molecule has 0 saturated heterocycles. The van der Waals surface area contributed by atoms with Gasteiger partial charge in [0.15, 0.2) is 5.82 Å². The molecule has 0 saturated carbocycles. The SMILES string of the molecule is Cn1cnnc1Cn1c(CCl)nc2cc(I)c(F)cc21. The van der Waals surface area contributed by atoms with Crippen LogP contribution in [0.2, 0.25) is 0 Å². The van der Waals surface area contributed by atoms with E-state index in [0.717, 1.165) is 11.3 Å². The fourth-order valence-electron chi connectivity index (χ4n) is 2.04. The van der Waals surface area contributed by atoms with Crippen molar-refractivity contribution in [1.29, 1.82) is 0 Å². The smallest absolute Gasteiger partial charge is 0.152 e. The van der Waals surface area contributed by atoms with Gasteiger partial charge in [-0.2, -0.15) is 0 Å². The molecule has 3 rings (SSSR count). The van der Waals surface area contributed by atoms with Gasteiger partial charge in [0.2, 0.25) is 0 Å². The number of rotatable bonds is 3. The molecule has 0 N–H and O–H groups in total. The van der Waals surface area contributed by atoms with Crippen molar-refractivity contribution >= 4 is 45.2 Å². The predicted molar refractivity (Wildman–Crippen MR) is 82.1 cm³/mol. The van der Waals surface area contributed by atoms with Crippen LogP contribution in [0.3, 0.4) is 0 Å². The van der Waals surface area contributed by atoms with Gasteiger partial charge in [0.25, 0.3) is 0 Å². The average molecular weight is 406 g/mol. The Bertz CT molecular complexity index is 782. The molecule has 8 heteroatoms. The summed E-state index contributed by atoms with van der Waals surface area (Å²) in [4.78, 5) is 4.45. The van der Waals surface area contributed by atoms with E-state index in [2.05, 4.69) is 15.2 Å². The molecule has 3 aromatic rings. The molecule has 0 aliphatic carbocycles. The topological polar surface area (TPSA) is 48.5 Å². The highest BCUT2D eigenvalue weighted by Gasteiger charge is 2.14. The summed E-state index contributed by atoms with van der Waals surface area (Å²) < 4.78 is 18.0. The summed E-state index contributed by atoms with van der Waals surface area (Å²) in [6.07, 6.45) is 1.62. The Labute approximate surface area is 132 Å². The number of hydrogen-bond donors (Lipinski definition) is 0. The number of aryl methyl sites for hydroxylation is 1. The summed E-state index contributed by atoms with van der Waals surface area (Å²) >= 11 is 7.89. The molecule has 104 valence electrons. The monoisotopic (exact) mass is 405 g/mol. The minimum Gasteiger partial charge on any atom is -0.319 e. The highest BCUT2D eigenvalue weighted by molar-refractivity contribution is 14.1. The number of aromatic nitrogens is 5. The third-order valence-corrected chi connectivity index (χ3v) is 4.16. The zero-order chi connectivity index (χ0) is 14.3. The van der Waals surface area contributed by atoms with Crippen LogP contribution in [0.5, 0.6) is 0 Å². The molecule has 5 nitrogen and oxygen atoms in total. The minimum atomic E-state index is -0.265. The quantitative estimate of drug-likeness (QED) is 0.497. The summed E-state index contributed by atoms with van der Waals surface area (Å²) in [5.74, 6) is 1.43. The number of fused-ring (bicyclic) bond motifs is 1. The van der Waals surface area contributed by atoms with Crippen LogP contribution in [0, 0.1) is 9.39 Å². The van der Waals surface area contributed by atoms with Gasteiger partial charge >= 0.3 is 0 Å². The van der Waals surface area contributed by atoms with Gasteiger partial charge in [-0.25, -0.2) is 9.37 Å². The van der Waals surface area contributed by atoms with Crippen LogP contribution in [0.15, 0.2) is 18.5 Å². The predicted octanol–water partition coefficient (Wildman–Crippen LogP) is 2.70. The lowest BCUT2D eigenvalue weighted by Crippen LogP contribution is -2.08. The van der Waals surface area contributed by atoms with E-state index in [1.54, 1.807) is 12.4 Å². The van der Waals surface area contributed by atoms with Crippen LogP contribution in [0.25, 0.3) is 11.0 Å². The molecule has 0 fully saturated rings. The number of alkyl halides is 1. The maximum atomic E-state index is 13.8. The number of nitrogens with zero attached hydrogens (tertiary/aromatic N) is 5. The third kappa shape index (κ3) is 2.28. The highest BCUT2D eigenvalue weighted by Crippen LogP contribution is 2.23. The number of imidazole rings is 1. The second-order valence-corrected chi connectivity index (χ2v) is 5.79. The first-order valence-electron chi connectivity index (χ1n) is 5.83. The molecule has 2 aromatic heterocycles. The maximum absolute atomic E-state index is 13.8. The van der Waals surface area contributed by atoms with Crippen molar-refractivity contribution in [2.75, 3.05) is 0 Å². The molecule has 0 aliphatic heterocycles. The Hall–Kier alpha value is -1.22. The van der Waals surface area contributed by atoms with E-state index in [-0.39, 0.29) is 11.7 Å². The van der Waals surface area contributed by atoms with Gasteiger partial charge in [0.1, 0.15) is 18.0 Å². The van der Waals surface area contributed by atoms with Crippen molar-refractivity contribution in [3.05, 3.63) is 39.5 Å². The number of benzene rings is 1. The second kappa shape index (κ2) is 5.28. The van der Waals surface area contributed by atoms with Crippen LogP contribution in [-0.2, 0) is 19.5 Å². The van der Waals surface area contributed by atoms with E-state index in [9.17, 15) is 4.39 Å². The average Bonchev–Trinajstić information content (AvgIpc) is 2.96. The van der Waals surface area contributed by atoms with Crippen LogP contribution >= 0.6 is 34.2 Å². The van der Waals surface area contributed by atoms with Crippen LogP contribution in [-0.4, -0.2) is 24.3 Å². The summed E-state index contributed by atoms with van der Waals surface area (Å²) in [6.45, 7) is 0.453. The third-order valence-electron chi connectivity index (χ3n) is 3.09. The molecule has 0 bridgehead atoms. The Morgan fingerprint density at radius 2 is 2.15 bits per heavy atom. The van der Waals surface area contributed by atoms with Crippen molar-refractivity contribution in [2.45, 2.75) is 12.4 Å². The maximum Gasteiger partial charge on any atom is 0.152 e. The lowest BCUT2D eigenvalue weighted by atomic mass is 10.3. The van der Waals surface area contributed by atoms with E-state index in [4.69, 9.17) is 11.6 Å². The van der Waals surface area contributed by atoms with Crippen LogP contribution < -0.4 is 0 Å². The van der Waals surface area contributed by atoms with E-state index < -0.39 is 0 Å². The fourth-order valence-corrected chi connectivity index (χ4v) is 2.69. The van der Waals surface area contributed by atoms with Crippen LogP contribution in [0.4, 0.5) is 4.39 Å². The molecule has 0 radical (unpaired) electrons. The van der Waals surface area contributed by atoms with Gasteiger partial charge < -0.3 is 9.13 Å². The molecule has 0 spiro atoms. The molecule has 0 unspecified atom stereocenters. The molecule has 0 amide bonds. The van der Waals surface area contributed by atoms with Gasteiger partial charge in [-0.1, -0.05) is 0 Å². The van der Waals surface area contributed by atoms with E-state index >= 15 is 0 Å². The lowest BCUT2D eigenvalue weighted by Gasteiger charge is -2.07. The number of halogens is 3. The Morgan fingerprint density at radius 3 is 2.80 bits per heavy atom. The van der Waals surface area contributed by atoms with E-state index in [1.165, 1.54) is 6.07 Å². The second-order valence-electron chi connectivity index (χ2n) is 4.36. The standard InChI is InChI=1S/C12H10ClFIN5/c1-19-6-16-18-12(19)5-20-10-2-7(14)8(15)3-9(10)17-11(20)4-13/h2-3,6H,4-5H2,1H3. The van der Waals surface area contributed by atoms with Crippen LogP contribution in [0.1, 0.15) is 11.6 Å². The zero-order valence-corrected chi connectivity index (χ0v) is 13.4. The van der Waals surface area contributed by atoms with Gasteiger partial charge in [-0.15, -0.1) is 21.8 Å². The molecule has 20 heavy (non-hydrogen) atoms. The molecule has 0 aliphatic rings. The molecule has 2 heterocycles.